The van der Waals surface area contributed by atoms with E-state index in [-0.39, 0.29) is 11.9 Å². The lowest BCUT2D eigenvalue weighted by Gasteiger charge is -2.04. The van der Waals surface area contributed by atoms with Gasteiger partial charge in [0.05, 0.1) is 19.0 Å². The lowest BCUT2D eigenvalue weighted by atomic mass is 10.1. The maximum Gasteiger partial charge on any atom is 0.305 e. The molecule has 0 aliphatic heterocycles. The fraction of sp³-hybridized carbons (Fsp3) is 0.500. The second-order valence-electron chi connectivity index (χ2n) is 4.41. The predicted molar refractivity (Wildman–Crippen MR) is 77.6 cm³/mol. The fourth-order valence-corrected chi connectivity index (χ4v) is 1.80. The minimum atomic E-state index is -0.182. The Balaban J connectivity index is 2.08. The molecule has 0 bridgehead atoms. The van der Waals surface area contributed by atoms with E-state index in [1.54, 1.807) is 12.1 Å². The minimum absolute atomic E-state index is 0.0397. The van der Waals surface area contributed by atoms with E-state index in [1.165, 1.54) is 13.3 Å². The topological polar surface area (TPSA) is 68.3 Å². The summed E-state index contributed by atoms with van der Waals surface area (Å²) >= 11 is 5.66. The average Bonchev–Trinajstić information content (AvgIpc) is 2.44. The summed E-state index contributed by atoms with van der Waals surface area (Å²) in [6, 6.07) is 3.34. The molecule has 0 atom stereocenters. The Kier molecular flexibility index (Phi) is 7.65. The zero-order valence-electron chi connectivity index (χ0n) is 11.5. The highest BCUT2D eigenvalue weighted by atomic mass is 35.5. The Hall–Kier alpha value is -1.62. The summed E-state index contributed by atoms with van der Waals surface area (Å²) in [5.74, 6) is -0.222. The van der Waals surface area contributed by atoms with Crippen LogP contribution in [-0.4, -0.2) is 24.0 Å². The number of carbonyl (C=O) groups excluding carboxylic acids is 2. The molecule has 0 saturated carbocycles. The van der Waals surface area contributed by atoms with Crippen LogP contribution in [0, 0.1) is 0 Å². The van der Waals surface area contributed by atoms with Crippen LogP contribution >= 0.6 is 11.6 Å². The van der Waals surface area contributed by atoms with Gasteiger partial charge in [0.15, 0.2) is 0 Å². The van der Waals surface area contributed by atoms with Crippen molar-refractivity contribution >= 4 is 29.2 Å². The van der Waals surface area contributed by atoms with Gasteiger partial charge in [-0.25, -0.2) is 4.98 Å². The molecule has 0 radical (unpaired) electrons. The molecule has 1 aromatic heterocycles. The number of hydrogen-bond acceptors (Lipinski definition) is 4. The summed E-state index contributed by atoms with van der Waals surface area (Å²) in [6.45, 7) is 0. The van der Waals surface area contributed by atoms with Gasteiger partial charge in [0, 0.05) is 12.8 Å². The molecule has 0 spiro atoms. The molecular formula is C14H19ClN2O3. The molecule has 0 saturated heterocycles. The number of ether oxygens (including phenoxy) is 1. The quantitative estimate of drug-likeness (QED) is 0.455. The molecular weight excluding hydrogens is 280 g/mol. The highest BCUT2D eigenvalue weighted by Crippen LogP contribution is 2.11. The van der Waals surface area contributed by atoms with Crippen molar-refractivity contribution < 1.29 is 14.3 Å². The smallest absolute Gasteiger partial charge is 0.305 e. The van der Waals surface area contributed by atoms with Crippen molar-refractivity contribution in [3.63, 3.8) is 0 Å². The van der Waals surface area contributed by atoms with Crippen LogP contribution in [0.2, 0.25) is 5.15 Å². The number of halogens is 1. The molecule has 1 N–H and O–H groups in total. The van der Waals surface area contributed by atoms with E-state index < -0.39 is 0 Å². The van der Waals surface area contributed by atoms with Crippen LogP contribution in [0.3, 0.4) is 0 Å². The van der Waals surface area contributed by atoms with E-state index in [0.29, 0.717) is 23.7 Å². The van der Waals surface area contributed by atoms with Gasteiger partial charge in [-0.2, -0.15) is 0 Å². The lowest BCUT2D eigenvalue weighted by molar-refractivity contribution is -0.140. The summed E-state index contributed by atoms with van der Waals surface area (Å²) in [7, 11) is 1.39. The first-order valence-electron chi connectivity index (χ1n) is 6.60. The van der Waals surface area contributed by atoms with Crippen molar-refractivity contribution in [2.24, 2.45) is 0 Å². The number of esters is 1. The molecule has 1 rings (SSSR count). The highest BCUT2D eigenvalue weighted by molar-refractivity contribution is 6.29. The normalized spacial score (nSPS) is 10.1. The van der Waals surface area contributed by atoms with E-state index in [2.05, 4.69) is 15.0 Å². The van der Waals surface area contributed by atoms with E-state index in [1.807, 2.05) is 0 Å². The van der Waals surface area contributed by atoms with Crippen molar-refractivity contribution in [1.29, 1.82) is 0 Å². The van der Waals surface area contributed by atoms with E-state index in [9.17, 15) is 9.59 Å². The minimum Gasteiger partial charge on any atom is -0.469 e. The van der Waals surface area contributed by atoms with Crippen LogP contribution in [0.1, 0.15) is 38.5 Å². The Bertz CT molecular complexity index is 435. The van der Waals surface area contributed by atoms with E-state index in [0.717, 1.165) is 25.7 Å². The number of pyridine rings is 1. The first-order valence-corrected chi connectivity index (χ1v) is 6.98. The second-order valence-corrected chi connectivity index (χ2v) is 4.80. The number of carbonyl (C=O) groups is 2. The molecule has 0 aliphatic carbocycles. The van der Waals surface area contributed by atoms with Crippen LogP contribution in [-0.2, 0) is 14.3 Å². The number of amides is 1. The number of rotatable bonds is 8. The third-order valence-corrected chi connectivity index (χ3v) is 3.00. The van der Waals surface area contributed by atoms with Crippen molar-refractivity contribution in [2.45, 2.75) is 38.5 Å². The zero-order valence-corrected chi connectivity index (χ0v) is 12.3. The molecule has 1 aromatic rings. The van der Waals surface area contributed by atoms with Crippen LogP contribution < -0.4 is 5.32 Å². The molecule has 0 aromatic carbocycles. The zero-order chi connectivity index (χ0) is 14.8. The fourth-order valence-electron chi connectivity index (χ4n) is 1.68. The molecule has 0 aliphatic rings. The summed E-state index contributed by atoms with van der Waals surface area (Å²) in [6.07, 6.45) is 5.87. The number of unbranched alkanes of at least 4 members (excludes halogenated alkanes) is 3. The Morgan fingerprint density at radius 1 is 1.20 bits per heavy atom. The van der Waals surface area contributed by atoms with Crippen LogP contribution in [0.15, 0.2) is 18.3 Å². The monoisotopic (exact) mass is 298 g/mol. The molecule has 1 heterocycles. The van der Waals surface area contributed by atoms with Gasteiger partial charge in [-0.15, -0.1) is 0 Å². The third-order valence-electron chi connectivity index (χ3n) is 2.77. The summed E-state index contributed by atoms with van der Waals surface area (Å²) in [4.78, 5) is 26.4. The summed E-state index contributed by atoms with van der Waals surface area (Å²) in [5, 5.41) is 3.15. The summed E-state index contributed by atoms with van der Waals surface area (Å²) < 4.78 is 4.55. The molecule has 5 nitrogen and oxygen atoms in total. The van der Waals surface area contributed by atoms with Gasteiger partial charge in [-0.1, -0.05) is 24.4 Å². The van der Waals surface area contributed by atoms with Gasteiger partial charge < -0.3 is 10.1 Å². The molecule has 0 fully saturated rings. The molecule has 6 heteroatoms. The number of hydrogen-bond donors (Lipinski definition) is 1. The van der Waals surface area contributed by atoms with Gasteiger partial charge in [0.1, 0.15) is 5.15 Å². The second kappa shape index (κ2) is 9.31. The molecule has 20 heavy (non-hydrogen) atoms. The number of nitrogens with zero attached hydrogens (tertiary/aromatic N) is 1. The number of nitrogens with one attached hydrogen (secondary N) is 1. The SMILES string of the molecule is COC(=O)CCCCCCC(=O)Nc1ccc(Cl)nc1. The first-order chi connectivity index (χ1) is 9.61. The van der Waals surface area contributed by atoms with Crippen molar-refractivity contribution in [3.8, 4) is 0 Å². The van der Waals surface area contributed by atoms with Crippen molar-refractivity contribution in [1.82, 2.24) is 4.98 Å². The van der Waals surface area contributed by atoms with Gasteiger partial charge in [0.2, 0.25) is 5.91 Å². The summed E-state index contributed by atoms with van der Waals surface area (Å²) in [5.41, 5.74) is 0.644. The van der Waals surface area contributed by atoms with Crippen LogP contribution in [0.25, 0.3) is 0 Å². The third kappa shape index (κ3) is 7.09. The lowest BCUT2D eigenvalue weighted by Crippen LogP contribution is -2.11. The average molecular weight is 299 g/mol. The van der Waals surface area contributed by atoms with Gasteiger partial charge in [0.25, 0.3) is 0 Å². The van der Waals surface area contributed by atoms with E-state index in [4.69, 9.17) is 11.6 Å². The molecule has 110 valence electrons. The van der Waals surface area contributed by atoms with Gasteiger partial charge in [-0.3, -0.25) is 9.59 Å². The maximum atomic E-state index is 11.6. The predicted octanol–water partition coefficient (Wildman–Crippen LogP) is 3.19. The van der Waals surface area contributed by atoms with Gasteiger partial charge in [-0.05, 0) is 25.0 Å². The highest BCUT2D eigenvalue weighted by Gasteiger charge is 2.03. The van der Waals surface area contributed by atoms with E-state index >= 15 is 0 Å². The standard InChI is InChI=1S/C14H19ClN2O3/c1-20-14(19)7-5-3-2-4-6-13(18)17-11-8-9-12(15)16-10-11/h8-10H,2-7H2,1H3,(H,17,18). The first kappa shape index (κ1) is 16.4. The van der Waals surface area contributed by atoms with Gasteiger partial charge >= 0.3 is 5.97 Å². The maximum absolute atomic E-state index is 11.6. The van der Waals surface area contributed by atoms with Crippen LogP contribution in [0.5, 0.6) is 0 Å². The van der Waals surface area contributed by atoms with Crippen molar-refractivity contribution in [2.75, 3.05) is 12.4 Å². The number of methoxy groups -OCH3 is 1. The molecule has 0 unspecified atom stereocenters. The Morgan fingerprint density at radius 2 is 1.90 bits per heavy atom. The number of anilines is 1. The number of aromatic nitrogens is 1. The Labute approximate surface area is 123 Å². The largest absolute Gasteiger partial charge is 0.469 e. The van der Waals surface area contributed by atoms with Crippen LogP contribution in [0.4, 0.5) is 5.69 Å². The van der Waals surface area contributed by atoms with Crippen molar-refractivity contribution in [3.05, 3.63) is 23.5 Å². The molecule has 1 amide bonds. The Morgan fingerprint density at radius 3 is 2.50 bits per heavy atom.